The summed E-state index contributed by atoms with van der Waals surface area (Å²) in [5, 5.41) is 12.1. The van der Waals surface area contributed by atoms with Crippen LogP contribution < -0.4 is 0 Å². The second-order valence-electron chi connectivity index (χ2n) is 4.13. The average molecular weight is 261 g/mol. The molecule has 100 valence electrons. The van der Waals surface area contributed by atoms with E-state index >= 15 is 0 Å². The van der Waals surface area contributed by atoms with Gasteiger partial charge in [0.05, 0.1) is 0 Å². The summed E-state index contributed by atoms with van der Waals surface area (Å²) in [5.74, 6) is -0.670. The van der Waals surface area contributed by atoms with Gasteiger partial charge in [0.25, 0.3) is 0 Å². The number of aromatic nitrogens is 1. The molecule has 0 fully saturated rings. The number of carboxylic acid groups (broad SMARTS) is 1. The third kappa shape index (κ3) is 4.22. The average Bonchev–Trinajstić information content (AvgIpc) is 2.89. The Labute approximate surface area is 110 Å². The highest BCUT2D eigenvalue weighted by atomic mass is 16.5. The molecule has 19 heavy (non-hydrogen) atoms. The van der Waals surface area contributed by atoms with Gasteiger partial charge in [0, 0.05) is 12.7 Å². The van der Waals surface area contributed by atoms with Crippen LogP contribution in [-0.4, -0.2) is 22.8 Å². The van der Waals surface area contributed by atoms with E-state index in [0.717, 1.165) is 12.8 Å². The fourth-order valence-electron chi connectivity index (χ4n) is 1.68. The standard InChI is InChI=1S/C14H15NO4/c16-14(17)13-9-12(19-15-13)10-18-8-4-7-11-5-2-1-3-6-11/h1-3,5-6,9H,4,7-8,10H2,(H,16,17). The predicted molar refractivity (Wildman–Crippen MR) is 67.9 cm³/mol. The molecule has 0 bridgehead atoms. The van der Waals surface area contributed by atoms with E-state index in [2.05, 4.69) is 17.3 Å². The minimum atomic E-state index is -1.10. The van der Waals surface area contributed by atoms with E-state index in [0.29, 0.717) is 12.4 Å². The Bertz CT molecular complexity index is 521. The van der Waals surface area contributed by atoms with Crippen molar-refractivity contribution in [3.05, 3.63) is 53.4 Å². The molecule has 0 atom stereocenters. The first-order valence-corrected chi connectivity index (χ1v) is 6.06. The van der Waals surface area contributed by atoms with Crippen LogP contribution in [0.3, 0.4) is 0 Å². The van der Waals surface area contributed by atoms with Crippen LogP contribution >= 0.6 is 0 Å². The van der Waals surface area contributed by atoms with Crippen LogP contribution in [0.15, 0.2) is 40.9 Å². The Kier molecular flexibility index (Phi) is 4.69. The van der Waals surface area contributed by atoms with Crippen LogP contribution in [0.4, 0.5) is 0 Å². The van der Waals surface area contributed by atoms with E-state index in [1.807, 2.05) is 18.2 Å². The summed E-state index contributed by atoms with van der Waals surface area (Å²) in [7, 11) is 0. The van der Waals surface area contributed by atoms with Crippen LogP contribution in [0.2, 0.25) is 0 Å². The van der Waals surface area contributed by atoms with Crippen LogP contribution in [0.1, 0.15) is 28.2 Å². The van der Waals surface area contributed by atoms with Gasteiger partial charge < -0.3 is 14.4 Å². The fourth-order valence-corrected chi connectivity index (χ4v) is 1.68. The molecule has 1 N–H and O–H groups in total. The smallest absolute Gasteiger partial charge is 0.358 e. The Morgan fingerprint density at radius 3 is 2.79 bits per heavy atom. The quantitative estimate of drug-likeness (QED) is 0.775. The van der Waals surface area contributed by atoms with Crippen molar-refractivity contribution in [1.29, 1.82) is 0 Å². The predicted octanol–water partition coefficient (Wildman–Crippen LogP) is 2.52. The zero-order chi connectivity index (χ0) is 13.5. The topological polar surface area (TPSA) is 72.6 Å². The molecule has 0 aliphatic carbocycles. The number of aromatic carboxylic acids is 1. The van der Waals surface area contributed by atoms with Gasteiger partial charge in [-0.1, -0.05) is 35.5 Å². The number of nitrogens with zero attached hydrogens (tertiary/aromatic N) is 1. The molecule has 2 rings (SSSR count). The SMILES string of the molecule is O=C(O)c1cc(COCCCc2ccccc2)on1. The van der Waals surface area contributed by atoms with E-state index in [1.165, 1.54) is 11.6 Å². The molecular formula is C14H15NO4. The summed E-state index contributed by atoms with van der Waals surface area (Å²) in [4.78, 5) is 10.6. The van der Waals surface area contributed by atoms with E-state index in [1.54, 1.807) is 0 Å². The lowest BCUT2D eigenvalue weighted by molar-refractivity contribution is 0.0684. The Morgan fingerprint density at radius 1 is 1.32 bits per heavy atom. The Balaban J connectivity index is 1.65. The largest absolute Gasteiger partial charge is 0.476 e. The monoisotopic (exact) mass is 261 g/mol. The van der Waals surface area contributed by atoms with Gasteiger partial charge in [-0.2, -0.15) is 0 Å². The lowest BCUT2D eigenvalue weighted by Gasteiger charge is -2.02. The summed E-state index contributed by atoms with van der Waals surface area (Å²) >= 11 is 0. The summed E-state index contributed by atoms with van der Waals surface area (Å²) in [5.41, 5.74) is 1.18. The second-order valence-corrected chi connectivity index (χ2v) is 4.13. The number of benzene rings is 1. The van der Waals surface area contributed by atoms with Gasteiger partial charge in [0.1, 0.15) is 6.61 Å². The number of hydrogen-bond donors (Lipinski definition) is 1. The van der Waals surface area contributed by atoms with E-state index in [4.69, 9.17) is 14.4 Å². The van der Waals surface area contributed by atoms with Crippen molar-refractivity contribution < 1.29 is 19.2 Å². The van der Waals surface area contributed by atoms with Gasteiger partial charge >= 0.3 is 5.97 Å². The van der Waals surface area contributed by atoms with Crippen molar-refractivity contribution in [2.75, 3.05) is 6.61 Å². The molecule has 5 heteroatoms. The highest BCUT2D eigenvalue weighted by Gasteiger charge is 2.10. The first kappa shape index (κ1) is 13.3. The van der Waals surface area contributed by atoms with Gasteiger partial charge in [-0.15, -0.1) is 0 Å². The van der Waals surface area contributed by atoms with Crippen molar-refractivity contribution in [2.45, 2.75) is 19.4 Å². The third-order valence-electron chi connectivity index (χ3n) is 2.62. The first-order valence-electron chi connectivity index (χ1n) is 6.06. The number of carboxylic acids is 1. The maximum atomic E-state index is 10.6. The lowest BCUT2D eigenvalue weighted by Crippen LogP contribution is -1.97. The summed E-state index contributed by atoms with van der Waals surface area (Å²) in [6.07, 6.45) is 1.86. The zero-order valence-corrected chi connectivity index (χ0v) is 10.4. The summed E-state index contributed by atoms with van der Waals surface area (Å²) in [6, 6.07) is 11.5. The molecule has 1 heterocycles. The maximum Gasteiger partial charge on any atom is 0.358 e. The first-order chi connectivity index (χ1) is 9.25. The molecule has 0 saturated carbocycles. The van der Waals surface area contributed by atoms with Gasteiger partial charge in [0.2, 0.25) is 0 Å². The minimum absolute atomic E-state index is 0.0946. The van der Waals surface area contributed by atoms with Crippen LogP contribution in [0.25, 0.3) is 0 Å². The number of rotatable bonds is 7. The molecule has 2 aromatic rings. The molecule has 0 aliphatic rings. The van der Waals surface area contributed by atoms with Gasteiger partial charge in [-0.05, 0) is 18.4 Å². The highest BCUT2D eigenvalue weighted by molar-refractivity contribution is 5.85. The molecule has 0 radical (unpaired) electrons. The van der Waals surface area contributed by atoms with Crippen molar-refractivity contribution >= 4 is 5.97 Å². The molecule has 5 nitrogen and oxygen atoms in total. The van der Waals surface area contributed by atoms with Crippen molar-refractivity contribution in [3.8, 4) is 0 Å². The molecule has 0 saturated heterocycles. The normalized spacial score (nSPS) is 10.5. The van der Waals surface area contributed by atoms with E-state index in [-0.39, 0.29) is 12.3 Å². The van der Waals surface area contributed by atoms with E-state index < -0.39 is 5.97 Å². The van der Waals surface area contributed by atoms with E-state index in [9.17, 15) is 4.79 Å². The van der Waals surface area contributed by atoms with Crippen molar-refractivity contribution in [1.82, 2.24) is 5.16 Å². The molecule has 0 aliphatic heterocycles. The molecule has 0 spiro atoms. The van der Waals surface area contributed by atoms with Gasteiger partial charge in [-0.3, -0.25) is 0 Å². The van der Waals surface area contributed by atoms with Crippen LogP contribution in [-0.2, 0) is 17.8 Å². The third-order valence-corrected chi connectivity index (χ3v) is 2.62. The maximum absolute atomic E-state index is 10.6. The highest BCUT2D eigenvalue weighted by Crippen LogP contribution is 2.06. The number of carbonyl (C=O) groups is 1. The molecule has 1 aromatic heterocycles. The fraction of sp³-hybridized carbons (Fsp3) is 0.286. The number of hydrogen-bond acceptors (Lipinski definition) is 4. The molecule has 0 unspecified atom stereocenters. The summed E-state index contributed by atoms with van der Waals surface area (Å²) < 4.78 is 10.2. The lowest BCUT2D eigenvalue weighted by atomic mass is 10.1. The minimum Gasteiger partial charge on any atom is -0.476 e. The van der Waals surface area contributed by atoms with Gasteiger partial charge in [-0.25, -0.2) is 4.79 Å². The second kappa shape index (κ2) is 6.70. The Morgan fingerprint density at radius 2 is 2.11 bits per heavy atom. The van der Waals surface area contributed by atoms with Crippen molar-refractivity contribution in [3.63, 3.8) is 0 Å². The Hall–Kier alpha value is -2.14. The molecular weight excluding hydrogens is 246 g/mol. The molecule has 1 aromatic carbocycles. The summed E-state index contributed by atoms with van der Waals surface area (Å²) in [6.45, 7) is 0.840. The zero-order valence-electron chi connectivity index (χ0n) is 10.4. The van der Waals surface area contributed by atoms with Crippen molar-refractivity contribution in [2.24, 2.45) is 0 Å². The number of aryl methyl sites for hydroxylation is 1. The number of ether oxygens (including phenoxy) is 1. The van der Waals surface area contributed by atoms with Crippen LogP contribution in [0.5, 0.6) is 0 Å². The van der Waals surface area contributed by atoms with Crippen LogP contribution in [0, 0.1) is 0 Å². The molecule has 0 amide bonds. The van der Waals surface area contributed by atoms with Gasteiger partial charge in [0.15, 0.2) is 11.5 Å².